The molecule has 0 N–H and O–H groups in total. The van der Waals surface area contributed by atoms with Crippen LogP contribution in [0.1, 0.15) is 26.7 Å². The zero-order chi connectivity index (χ0) is 10.1. The molecule has 4 heteroatoms. The van der Waals surface area contributed by atoms with Crippen LogP contribution < -0.4 is 0 Å². The molecule has 0 aromatic heterocycles. The average molecular weight is 177 g/mol. The maximum absolute atomic E-state index is 11.2. The standard InChI is InChI=1S/C9H12BNO2/c1-3-6-9(2,10)11-7(12)4-5-8(11)13/h4-5H,3,6H2,1-2H3. The summed E-state index contributed by atoms with van der Waals surface area (Å²) in [5.41, 5.74) is -0.855. The number of carbonyl (C=O) groups is 2. The van der Waals surface area contributed by atoms with E-state index in [2.05, 4.69) is 0 Å². The van der Waals surface area contributed by atoms with E-state index in [9.17, 15) is 9.59 Å². The SMILES string of the molecule is [B]C(C)(CCC)N1C(=O)C=CC1=O. The van der Waals surface area contributed by atoms with Crippen LogP contribution in [-0.4, -0.2) is 30.0 Å². The van der Waals surface area contributed by atoms with Crippen molar-refractivity contribution in [1.82, 2.24) is 4.90 Å². The van der Waals surface area contributed by atoms with Crippen LogP contribution in [0.4, 0.5) is 0 Å². The Bertz CT molecular complexity index is 253. The second-order valence-corrected chi connectivity index (χ2v) is 3.45. The van der Waals surface area contributed by atoms with Gasteiger partial charge in [-0.15, -0.1) is 0 Å². The van der Waals surface area contributed by atoms with E-state index in [4.69, 9.17) is 7.85 Å². The molecule has 0 saturated carbocycles. The normalized spacial score (nSPS) is 20.9. The summed E-state index contributed by atoms with van der Waals surface area (Å²) in [6.07, 6.45) is 3.96. The summed E-state index contributed by atoms with van der Waals surface area (Å²) < 4.78 is 0. The summed E-state index contributed by atoms with van der Waals surface area (Å²) >= 11 is 0. The first-order valence-electron chi connectivity index (χ1n) is 4.34. The van der Waals surface area contributed by atoms with Crippen LogP contribution in [0.2, 0.25) is 0 Å². The summed E-state index contributed by atoms with van der Waals surface area (Å²) in [7, 11) is 5.86. The maximum Gasteiger partial charge on any atom is 0.253 e. The van der Waals surface area contributed by atoms with Gasteiger partial charge in [0, 0.05) is 17.6 Å². The van der Waals surface area contributed by atoms with Crippen LogP contribution in [0.5, 0.6) is 0 Å². The minimum Gasteiger partial charge on any atom is -0.279 e. The average Bonchev–Trinajstić information content (AvgIpc) is 2.31. The molecule has 2 radical (unpaired) electrons. The monoisotopic (exact) mass is 177 g/mol. The largest absolute Gasteiger partial charge is 0.279 e. The van der Waals surface area contributed by atoms with Crippen molar-refractivity contribution >= 4 is 19.7 Å². The predicted octanol–water partition coefficient (Wildman–Crippen LogP) is 0.596. The molecule has 0 aromatic rings. The highest BCUT2D eigenvalue weighted by molar-refractivity contribution is 6.23. The van der Waals surface area contributed by atoms with E-state index in [0.29, 0.717) is 6.42 Å². The van der Waals surface area contributed by atoms with Gasteiger partial charge in [-0.3, -0.25) is 14.5 Å². The Morgan fingerprint density at radius 2 is 1.85 bits per heavy atom. The molecule has 13 heavy (non-hydrogen) atoms. The Hall–Kier alpha value is -1.06. The Balaban J connectivity index is 2.82. The van der Waals surface area contributed by atoms with Gasteiger partial charge < -0.3 is 0 Å². The quantitative estimate of drug-likeness (QED) is 0.467. The zero-order valence-corrected chi connectivity index (χ0v) is 7.91. The number of carbonyl (C=O) groups excluding carboxylic acids is 2. The Labute approximate surface area is 79.2 Å². The minimum absolute atomic E-state index is 0.316. The molecule has 1 heterocycles. The van der Waals surface area contributed by atoms with Crippen molar-refractivity contribution in [2.45, 2.75) is 32.1 Å². The van der Waals surface area contributed by atoms with E-state index in [1.807, 2.05) is 6.92 Å². The number of rotatable bonds is 3. The Morgan fingerprint density at radius 1 is 1.38 bits per heavy atom. The molecule has 68 valence electrons. The van der Waals surface area contributed by atoms with Gasteiger partial charge in [-0.1, -0.05) is 13.3 Å². The van der Waals surface area contributed by atoms with Crippen LogP contribution in [0.15, 0.2) is 12.2 Å². The van der Waals surface area contributed by atoms with Crippen molar-refractivity contribution in [1.29, 1.82) is 0 Å². The van der Waals surface area contributed by atoms with Crippen molar-refractivity contribution in [3.05, 3.63) is 12.2 Å². The van der Waals surface area contributed by atoms with Crippen molar-refractivity contribution in [2.24, 2.45) is 0 Å². The van der Waals surface area contributed by atoms with Gasteiger partial charge in [-0.05, 0) is 13.3 Å². The summed E-state index contributed by atoms with van der Waals surface area (Å²) in [5.74, 6) is -0.632. The molecule has 0 saturated heterocycles. The summed E-state index contributed by atoms with van der Waals surface area (Å²) in [6, 6.07) is 0. The summed E-state index contributed by atoms with van der Waals surface area (Å²) in [6.45, 7) is 3.66. The molecular formula is C9H12BNO2. The Morgan fingerprint density at radius 3 is 2.23 bits per heavy atom. The number of amides is 2. The van der Waals surface area contributed by atoms with Crippen LogP contribution >= 0.6 is 0 Å². The van der Waals surface area contributed by atoms with Gasteiger partial charge in [-0.25, -0.2) is 0 Å². The Kier molecular flexibility index (Phi) is 2.59. The lowest BCUT2D eigenvalue weighted by Crippen LogP contribution is -2.50. The van der Waals surface area contributed by atoms with E-state index in [1.54, 1.807) is 6.92 Å². The molecule has 1 rings (SSSR count). The molecule has 1 unspecified atom stereocenters. The lowest BCUT2D eigenvalue weighted by molar-refractivity contribution is -0.140. The highest BCUT2D eigenvalue weighted by atomic mass is 16.2. The molecule has 1 atom stereocenters. The van der Waals surface area contributed by atoms with Gasteiger partial charge in [0.05, 0.1) is 0 Å². The number of hydrogen-bond donors (Lipinski definition) is 0. The van der Waals surface area contributed by atoms with Crippen LogP contribution in [0.3, 0.4) is 0 Å². The van der Waals surface area contributed by atoms with Crippen molar-refractivity contribution in [3.8, 4) is 0 Å². The van der Waals surface area contributed by atoms with Gasteiger partial charge in [-0.2, -0.15) is 0 Å². The van der Waals surface area contributed by atoms with Gasteiger partial charge in [0.15, 0.2) is 0 Å². The fraction of sp³-hybridized carbons (Fsp3) is 0.556. The van der Waals surface area contributed by atoms with E-state index >= 15 is 0 Å². The third kappa shape index (κ3) is 1.82. The zero-order valence-electron chi connectivity index (χ0n) is 7.91. The number of imide groups is 1. The van der Waals surface area contributed by atoms with Gasteiger partial charge in [0.25, 0.3) is 11.8 Å². The summed E-state index contributed by atoms with van der Waals surface area (Å²) in [4.78, 5) is 23.6. The van der Waals surface area contributed by atoms with Crippen LogP contribution in [0.25, 0.3) is 0 Å². The van der Waals surface area contributed by atoms with Crippen LogP contribution in [0, 0.1) is 0 Å². The highest BCUT2D eigenvalue weighted by Gasteiger charge is 2.35. The number of hydrogen-bond acceptors (Lipinski definition) is 2. The second-order valence-electron chi connectivity index (χ2n) is 3.45. The second kappa shape index (κ2) is 3.36. The topological polar surface area (TPSA) is 37.4 Å². The highest BCUT2D eigenvalue weighted by Crippen LogP contribution is 2.21. The van der Waals surface area contributed by atoms with E-state index in [0.717, 1.165) is 11.3 Å². The molecule has 0 aliphatic carbocycles. The van der Waals surface area contributed by atoms with Crippen molar-refractivity contribution in [2.75, 3.05) is 0 Å². The predicted molar refractivity (Wildman–Crippen MR) is 50.1 cm³/mol. The molecule has 0 fully saturated rings. The molecule has 2 amide bonds. The molecular weight excluding hydrogens is 165 g/mol. The first-order chi connectivity index (χ1) is 5.99. The fourth-order valence-electron chi connectivity index (χ4n) is 1.52. The fourth-order valence-corrected chi connectivity index (χ4v) is 1.52. The molecule has 1 aliphatic heterocycles. The smallest absolute Gasteiger partial charge is 0.253 e. The maximum atomic E-state index is 11.2. The van der Waals surface area contributed by atoms with Gasteiger partial charge in [0.2, 0.25) is 0 Å². The van der Waals surface area contributed by atoms with Crippen molar-refractivity contribution < 1.29 is 9.59 Å². The molecule has 0 bridgehead atoms. The first kappa shape index (κ1) is 10.0. The third-order valence-corrected chi connectivity index (χ3v) is 2.08. The number of nitrogens with zero attached hydrogens (tertiary/aromatic N) is 1. The molecule has 1 aliphatic rings. The third-order valence-electron chi connectivity index (χ3n) is 2.08. The van der Waals surface area contributed by atoms with E-state index in [-0.39, 0.29) is 11.8 Å². The first-order valence-corrected chi connectivity index (χ1v) is 4.34. The van der Waals surface area contributed by atoms with Crippen molar-refractivity contribution in [3.63, 3.8) is 0 Å². The minimum atomic E-state index is -0.855. The van der Waals surface area contributed by atoms with Gasteiger partial charge in [0.1, 0.15) is 7.85 Å². The van der Waals surface area contributed by atoms with E-state index in [1.165, 1.54) is 12.2 Å². The molecule has 0 aromatic carbocycles. The van der Waals surface area contributed by atoms with E-state index < -0.39 is 5.44 Å². The summed E-state index contributed by atoms with van der Waals surface area (Å²) in [5, 5.41) is 0. The van der Waals surface area contributed by atoms with Gasteiger partial charge >= 0.3 is 0 Å². The van der Waals surface area contributed by atoms with Crippen LogP contribution in [-0.2, 0) is 9.59 Å². The molecule has 0 spiro atoms. The lowest BCUT2D eigenvalue weighted by Gasteiger charge is -2.34. The lowest BCUT2D eigenvalue weighted by atomic mass is 9.74. The molecule has 3 nitrogen and oxygen atoms in total.